The summed E-state index contributed by atoms with van der Waals surface area (Å²) in [4.78, 5) is 4.89. The molecule has 0 N–H and O–H groups in total. The van der Waals surface area contributed by atoms with Crippen molar-refractivity contribution in [2.24, 2.45) is 0 Å². The van der Waals surface area contributed by atoms with Gasteiger partial charge in [-0.05, 0) is 60.5 Å². The summed E-state index contributed by atoms with van der Waals surface area (Å²) in [5, 5.41) is 1.61. The Hall–Kier alpha value is -1.35. The molecule has 0 unspecified atom stereocenters. The third-order valence-electron chi connectivity index (χ3n) is 6.15. The van der Waals surface area contributed by atoms with Gasteiger partial charge in [-0.1, -0.05) is 46.0 Å². The van der Waals surface area contributed by atoms with Crippen LogP contribution in [0.3, 0.4) is 0 Å². The molecule has 0 aliphatic heterocycles. The lowest BCUT2D eigenvalue weighted by Gasteiger charge is -2.38. The number of pyridine rings is 1. The average Bonchev–Trinajstić information content (AvgIpc) is 2.90. The van der Waals surface area contributed by atoms with Crippen molar-refractivity contribution in [1.82, 2.24) is 9.22 Å². The van der Waals surface area contributed by atoms with E-state index < -0.39 is 8.24 Å². The number of hydrogen-bond acceptors (Lipinski definition) is 1. The zero-order valence-corrected chi connectivity index (χ0v) is 16.3. The van der Waals surface area contributed by atoms with Crippen molar-refractivity contribution in [1.29, 1.82) is 0 Å². The van der Waals surface area contributed by atoms with Gasteiger partial charge in [0.1, 0.15) is 5.65 Å². The van der Waals surface area contributed by atoms with Crippen LogP contribution in [-0.4, -0.2) is 17.5 Å². The molecule has 1 fully saturated rings. The number of fused-ring (bicyclic) bond motifs is 1. The van der Waals surface area contributed by atoms with Gasteiger partial charge in [0, 0.05) is 11.6 Å². The Morgan fingerprint density at radius 3 is 2.48 bits per heavy atom. The lowest BCUT2D eigenvalue weighted by molar-refractivity contribution is 0.517. The first kappa shape index (κ1) is 16.5. The van der Waals surface area contributed by atoms with Gasteiger partial charge in [-0.3, -0.25) is 0 Å². The zero-order valence-electron chi connectivity index (χ0n) is 15.3. The monoisotopic (exact) mass is 326 g/mol. The lowest BCUT2D eigenvalue weighted by Crippen LogP contribution is -2.45. The van der Waals surface area contributed by atoms with Gasteiger partial charge >= 0.3 is 0 Å². The van der Waals surface area contributed by atoms with Gasteiger partial charge in [-0.15, -0.1) is 0 Å². The molecular formula is C20H30N2Si. The van der Waals surface area contributed by atoms with Crippen LogP contribution in [0.25, 0.3) is 11.0 Å². The normalized spacial score (nSPS) is 17.9. The highest BCUT2D eigenvalue weighted by molar-refractivity contribution is 6.79. The molecule has 0 saturated heterocycles. The maximum Gasteiger partial charge on any atom is 0.163 e. The van der Waals surface area contributed by atoms with E-state index in [0.717, 1.165) is 0 Å². The van der Waals surface area contributed by atoms with Crippen LogP contribution in [0.2, 0.25) is 18.1 Å². The van der Waals surface area contributed by atoms with Crippen molar-refractivity contribution in [2.45, 2.75) is 70.5 Å². The van der Waals surface area contributed by atoms with E-state index >= 15 is 0 Å². The molecule has 2 aromatic heterocycles. The lowest BCUT2D eigenvalue weighted by atomic mass is 9.82. The van der Waals surface area contributed by atoms with E-state index in [-0.39, 0.29) is 0 Å². The molecule has 124 valence electrons. The fraction of sp³-hybridized carbons (Fsp3) is 0.550. The summed E-state index contributed by atoms with van der Waals surface area (Å²) in [7, 11) is -1.62. The Balaban J connectivity index is 1.96. The van der Waals surface area contributed by atoms with Gasteiger partial charge in [0.05, 0.1) is 0 Å². The first-order valence-electron chi connectivity index (χ1n) is 8.84. The minimum atomic E-state index is -1.62. The Bertz CT molecular complexity index is 724. The minimum absolute atomic E-state index is 0.309. The minimum Gasteiger partial charge on any atom is -0.359 e. The third-order valence-corrected chi connectivity index (χ3v) is 11.4. The van der Waals surface area contributed by atoms with E-state index in [1.165, 1.54) is 47.9 Å². The van der Waals surface area contributed by atoms with Gasteiger partial charge in [0.25, 0.3) is 0 Å². The molecule has 2 aromatic rings. The molecular weight excluding hydrogens is 296 g/mol. The summed E-state index contributed by atoms with van der Waals surface area (Å²) in [5.74, 6) is 0.661. The predicted octanol–water partition coefficient (Wildman–Crippen LogP) is 6.10. The molecule has 3 heteroatoms. The highest BCUT2D eigenvalue weighted by atomic mass is 28.3. The third kappa shape index (κ3) is 2.91. The standard InChI is InChI=1S/C20H30N2Si/c1-15-7-9-16(10-8-15)18-13-17-11-12-22(19(17)21-14-18)23(5,6)20(2,3)4/h11-14,16H,1,7-10H2,2-6H3. The van der Waals surface area contributed by atoms with Crippen molar-refractivity contribution < 1.29 is 0 Å². The fourth-order valence-electron chi connectivity index (χ4n) is 3.44. The van der Waals surface area contributed by atoms with Crippen LogP contribution in [-0.2, 0) is 0 Å². The van der Waals surface area contributed by atoms with Crippen molar-refractivity contribution in [3.8, 4) is 0 Å². The van der Waals surface area contributed by atoms with Crippen LogP contribution < -0.4 is 0 Å². The van der Waals surface area contributed by atoms with Crippen LogP contribution in [0.1, 0.15) is 57.9 Å². The van der Waals surface area contributed by atoms with Gasteiger partial charge in [-0.25, -0.2) is 4.98 Å². The molecule has 1 aliphatic rings. The van der Waals surface area contributed by atoms with Gasteiger partial charge < -0.3 is 4.23 Å². The van der Waals surface area contributed by atoms with Crippen LogP contribution in [0.5, 0.6) is 0 Å². The maximum atomic E-state index is 4.89. The second kappa shape index (κ2) is 5.62. The topological polar surface area (TPSA) is 17.8 Å². The molecule has 2 heterocycles. The fourth-order valence-corrected chi connectivity index (χ4v) is 5.32. The van der Waals surface area contributed by atoms with Crippen LogP contribution in [0, 0.1) is 0 Å². The number of nitrogens with zero attached hydrogens (tertiary/aromatic N) is 2. The van der Waals surface area contributed by atoms with Crippen molar-refractivity contribution >= 4 is 19.3 Å². The predicted molar refractivity (Wildman–Crippen MR) is 103 cm³/mol. The SMILES string of the molecule is C=C1CCC(c2cnc3c(ccn3[Si](C)(C)C(C)(C)C)c2)CC1. The molecule has 0 aromatic carbocycles. The Labute approximate surface area is 141 Å². The number of allylic oxidation sites excluding steroid dienone is 1. The number of hydrogen-bond donors (Lipinski definition) is 0. The molecule has 2 nitrogen and oxygen atoms in total. The molecule has 0 atom stereocenters. The molecule has 0 radical (unpaired) electrons. The first-order valence-corrected chi connectivity index (χ1v) is 11.8. The summed E-state index contributed by atoms with van der Waals surface area (Å²) in [6, 6.07) is 4.64. The first-order chi connectivity index (χ1) is 10.7. The molecule has 0 bridgehead atoms. The van der Waals surface area contributed by atoms with Gasteiger partial charge in [0.2, 0.25) is 0 Å². The van der Waals surface area contributed by atoms with Crippen molar-refractivity contribution in [3.05, 3.63) is 42.2 Å². The summed E-state index contributed by atoms with van der Waals surface area (Å²) in [6.45, 7) is 16.1. The Kier molecular flexibility index (Phi) is 4.03. The van der Waals surface area contributed by atoms with Crippen molar-refractivity contribution in [3.63, 3.8) is 0 Å². The highest BCUT2D eigenvalue weighted by Crippen LogP contribution is 2.39. The Morgan fingerprint density at radius 1 is 1.22 bits per heavy atom. The van der Waals surface area contributed by atoms with Crippen LogP contribution in [0.15, 0.2) is 36.7 Å². The molecule has 23 heavy (non-hydrogen) atoms. The van der Waals surface area contributed by atoms with Gasteiger partial charge in [-0.2, -0.15) is 0 Å². The van der Waals surface area contributed by atoms with E-state index in [1.54, 1.807) is 0 Å². The Morgan fingerprint density at radius 2 is 1.87 bits per heavy atom. The van der Waals surface area contributed by atoms with Gasteiger partial charge in [0.15, 0.2) is 8.24 Å². The zero-order chi connectivity index (χ0) is 16.8. The van der Waals surface area contributed by atoms with E-state index in [1.807, 2.05) is 0 Å². The van der Waals surface area contributed by atoms with E-state index in [2.05, 4.69) is 69.2 Å². The van der Waals surface area contributed by atoms with Crippen molar-refractivity contribution in [2.75, 3.05) is 0 Å². The van der Waals surface area contributed by atoms with E-state index in [0.29, 0.717) is 11.0 Å². The van der Waals surface area contributed by atoms with E-state index in [9.17, 15) is 0 Å². The molecule has 1 saturated carbocycles. The van der Waals surface area contributed by atoms with E-state index in [4.69, 9.17) is 4.98 Å². The largest absolute Gasteiger partial charge is 0.359 e. The number of aromatic nitrogens is 2. The maximum absolute atomic E-state index is 4.89. The van der Waals surface area contributed by atoms with Crippen LogP contribution in [0.4, 0.5) is 0 Å². The smallest absolute Gasteiger partial charge is 0.163 e. The quantitative estimate of drug-likeness (QED) is 0.481. The highest BCUT2D eigenvalue weighted by Gasteiger charge is 2.38. The summed E-state index contributed by atoms with van der Waals surface area (Å²) in [5.41, 5.74) is 4.00. The summed E-state index contributed by atoms with van der Waals surface area (Å²) >= 11 is 0. The average molecular weight is 327 g/mol. The molecule has 3 rings (SSSR count). The molecule has 0 spiro atoms. The van der Waals surface area contributed by atoms with Crippen LogP contribution >= 0.6 is 0 Å². The second-order valence-corrected chi connectivity index (χ2v) is 13.8. The number of rotatable bonds is 2. The second-order valence-electron chi connectivity index (χ2n) is 8.70. The summed E-state index contributed by atoms with van der Waals surface area (Å²) < 4.78 is 2.48. The molecule has 1 aliphatic carbocycles. The summed E-state index contributed by atoms with van der Waals surface area (Å²) in [6.07, 6.45) is 9.21. The molecule has 0 amide bonds.